The van der Waals surface area contributed by atoms with Crippen LogP contribution in [0.5, 0.6) is 0 Å². The highest BCUT2D eigenvalue weighted by molar-refractivity contribution is 6.42. The molecule has 0 saturated heterocycles. The Morgan fingerprint density at radius 3 is 2.43 bits per heavy atom. The summed E-state index contributed by atoms with van der Waals surface area (Å²) in [5, 5.41) is 4.15. The summed E-state index contributed by atoms with van der Waals surface area (Å²) in [4.78, 5) is 10.6. The number of rotatable bonds is 4. The largest absolute Gasteiger partial charge is 0.442 e. The lowest BCUT2D eigenvalue weighted by molar-refractivity contribution is -0.124. The molecule has 2 aromatic carbocycles. The Balaban J connectivity index is 2.22. The van der Waals surface area contributed by atoms with Crippen LogP contribution in [0.3, 0.4) is 0 Å². The van der Waals surface area contributed by atoms with Gasteiger partial charge in [-0.2, -0.15) is 13.2 Å². The van der Waals surface area contributed by atoms with E-state index in [0.29, 0.717) is 5.56 Å². The van der Waals surface area contributed by atoms with Gasteiger partial charge in [-0.3, -0.25) is 4.79 Å². The van der Waals surface area contributed by atoms with E-state index in [9.17, 15) is 22.4 Å². The second-order valence-electron chi connectivity index (χ2n) is 5.97. The molecule has 0 amide bonds. The number of carbonyl (C=O) groups is 1. The minimum atomic E-state index is -4.85. The molecule has 28 heavy (non-hydrogen) atoms. The predicted molar refractivity (Wildman–Crippen MR) is 98.3 cm³/mol. The molecule has 2 aromatic rings. The molecule has 1 heterocycles. The molecule has 0 saturated carbocycles. The number of carbonyl (C=O) groups excluding carboxylic acids is 1. The quantitative estimate of drug-likeness (QED) is 0.353. The minimum absolute atomic E-state index is 0.118. The van der Waals surface area contributed by atoms with Gasteiger partial charge in [-0.15, -0.1) is 4.59 Å². The van der Waals surface area contributed by atoms with Crippen LogP contribution in [0, 0.1) is 5.82 Å². The Morgan fingerprint density at radius 1 is 1.11 bits per heavy atom. The predicted octanol–water partition coefficient (Wildman–Crippen LogP) is 5.68. The van der Waals surface area contributed by atoms with Gasteiger partial charge >= 0.3 is 6.18 Å². The van der Waals surface area contributed by atoms with Crippen molar-refractivity contribution in [1.82, 2.24) is 4.59 Å². The molecule has 0 radical (unpaired) electrons. The summed E-state index contributed by atoms with van der Waals surface area (Å²) in [6, 6.07) is 8.04. The number of alkyl halides is 3. The maximum absolute atomic E-state index is 13.9. The zero-order valence-corrected chi connectivity index (χ0v) is 15.6. The van der Waals surface area contributed by atoms with Crippen LogP contribution < -0.4 is 4.59 Å². The van der Waals surface area contributed by atoms with Crippen molar-refractivity contribution in [3.8, 4) is 11.1 Å². The van der Waals surface area contributed by atoms with E-state index in [-0.39, 0.29) is 27.8 Å². The highest BCUT2D eigenvalue weighted by Gasteiger charge is 2.49. The topological polar surface area (TPSA) is 38.7 Å². The highest BCUT2D eigenvalue weighted by atomic mass is 35.5. The standard InChI is InChI=1S/C18H11Cl2F4N2O2/c1-26(8-16(28-9-27)17(25-26)18(22,23)24)15-5-3-11(21)7-12(15)10-2-4-13(19)14(20)6-10/h2-9H,1H3/q+1. The Hall–Kier alpha value is -2.42. The molecule has 10 heteroatoms. The van der Waals surface area contributed by atoms with E-state index in [4.69, 9.17) is 23.2 Å². The molecule has 4 nitrogen and oxygen atoms in total. The number of hydrogen-bond acceptors (Lipinski definition) is 3. The van der Waals surface area contributed by atoms with Crippen LogP contribution in [0.1, 0.15) is 0 Å². The molecule has 0 aromatic heterocycles. The fourth-order valence-corrected chi connectivity index (χ4v) is 3.13. The third-order valence-electron chi connectivity index (χ3n) is 4.03. The zero-order valence-electron chi connectivity index (χ0n) is 14.1. The van der Waals surface area contributed by atoms with Crippen molar-refractivity contribution >= 4 is 41.1 Å². The molecule has 1 unspecified atom stereocenters. The van der Waals surface area contributed by atoms with Crippen LogP contribution >= 0.6 is 23.2 Å². The summed E-state index contributed by atoms with van der Waals surface area (Å²) in [7, 11) is 1.33. The van der Waals surface area contributed by atoms with Gasteiger partial charge in [0.05, 0.1) is 10.0 Å². The van der Waals surface area contributed by atoms with Gasteiger partial charge in [0.2, 0.25) is 11.5 Å². The molecular weight excluding hydrogens is 423 g/mol. The fraction of sp³-hybridized carbons (Fsp3) is 0.111. The second kappa shape index (κ2) is 7.20. The second-order valence-corrected chi connectivity index (χ2v) is 6.78. The van der Waals surface area contributed by atoms with Crippen LogP contribution in [-0.4, -0.2) is 25.4 Å². The first kappa shape index (κ1) is 20.3. The van der Waals surface area contributed by atoms with E-state index < -0.39 is 28.1 Å². The molecule has 0 fully saturated rings. The molecular formula is C18H11Cl2F4N2O2+. The molecule has 146 valence electrons. The minimum Gasteiger partial charge on any atom is -0.420 e. The number of benzene rings is 2. The Bertz CT molecular complexity index is 1020. The van der Waals surface area contributed by atoms with Crippen molar-refractivity contribution in [2.45, 2.75) is 6.18 Å². The zero-order chi connectivity index (χ0) is 20.7. The van der Waals surface area contributed by atoms with E-state index in [2.05, 4.69) is 9.84 Å². The summed E-state index contributed by atoms with van der Waals surface area (Å²) in [6.07, 6.45) is -3.85. The van der Waals surface area contributed by atoms with Gasteiger partial charge in [0.1, 0.15) is 12.9 Å². The Morgan fingerprint density at radius 2 is 1.82 bits per heavy atom. The highest BCUT2D eigenvalue weighted by Crippen LogP contribution is 2.41. The van der Waals surface area contributed by atoms with Gasteiger partial charge in [-0.1, -0.05) is 34.4 Å². The van der Waals surface area contributed by atoms with Crippen molar-refractivity contribution in [1.29, 1.82) is 0 Å². The van der Waals surface area contributed by atoms with E-state index in [0.717, 1.165) is 18.3 Å². The first-order valence-electron chi connectivity index (χ1n) is 7.68. The summed E-state index contributed by atoms with van der Waals surface area (Å²) >= 11 is 11.9. The number of nitrogens with zero attached hydrogens (tertiary/aromatic N) is 2. The van der Waals surface area contributed by atoms with E-state index in [1.807, 2.05) is 0 Å². The molecule has 3 rings (SSSR count). The fourth-order valence-electron chi connectivity index (χ4n) is 2.83. The number of allylic oxidation sites excluding steroid dienone is 1. The van der Waals surface area contributed by atoms with Gasteiger partial charge in [-0.25, -0.2) is 4.39 Å². The normalized spacial score (nSPS) is 19.2. The van der Waals surface area contributed by atoms with E-state index in [1.54, 1.807) is 6.07 Å². The van der Waals surface area contributed by atoms with Crippen LogP contribution in [0.25, 0.3) is 11.1 Å². The number of ether oxygens (including phenoxy) is 1. The molecule has 0 aliphatic carbocycles. The first-order valence-corrected chi connectivity index (χ1v) is 8.43. The van der Waals surface area contributed by atoms with Crippen LogP contribution in [0.4, 0.5) is 23.2 Å². The molecule has 1 atom stereocenters. The van der Waals surface area contributed by atoms with Crippen molar-refractivity contribution in [3.05, 3.63) is 64.2 Å². The monoisotopic (exact) mass is 433 g/mol. The van der Waals surface area contributed by atoms with E-state index in [1.165, 1.54) is 25.2 Å². The van der Waals surface area contributed by atoms with Gasteiger partial charge in [-0.05, 0) is 29.8 Å². The third kappa shape index (κ3) is 3.76. The Kier molecular flexibility index (Phi) is 5.22. The Labute approximate surface area is 166 Å². The van der Waals surface area contributed by atoms with Crippen LogP contribution in [0.15, 0.2) is 53.5 Å². The molecule has 0 spiro atoms. The lowest BCUT2D eigenvalue weighted by atomic mass is 10.0. The van der Waals surface area contributed by atoms with Gasteiger partial charge < -0.3 is 4.74 Å². The number of quaternary nitrogens is 1. The smallest absolute Gasteiger partial charge is 0.420 e. The molecule has 1 aliphatic heterocycles. The lowest BCUT2D eigenvalue weighted by Crippen LogP contribution is -2.32. The summed E-state index contributed by atoms with van der Waals surface area (Å²) in [6.45, 7) is -0.118. The maximum atomic E-state index is 13.9. The van der Waals surface area contributed by atoms with Crippen molar-refractivity contribution < 1.29 is 27.1 Å². The van der Waals surface area contributed by atoms with Crippen LogP contribution in [0.2, 0.25) is 10.0 Å². The molecule has 0 bridgehead atoms. The average Bonchev–Trinajstić information content (AvgIpc) is 2.95. The third-order valence-corrected chi connectivity index (χ3v) is 4.77. The number of hydrogen-bond donors (Lipinski definition) is 0. The van der Waals surface area contributed by atoms with Crippen molar-refractivity contribution in [3.63, 3.8) is 0 Å². The van der Waals surface area contributed by atoms with Crippen molar-refractivity contribution in [2.75, 3.05) is 7.05 Å². The van der Waals surface area contributed by atoms with Crippen molar-refractivity contribution in [2.24, 2.45) is 5.10 Å². The van der Waals surface area contributed by atoms with E-state index >= 15 is 0 Å². The summed E-state index contributed by atoms with van der Waals surface area (Å²) in [5.74, 6) is -1.35. The van der Waals surface area contributed by atoms with Gasteiger partial charge in [0, 0.05) is 11.6 Å². The average molecular weight is 434 g/mol. The molecule has 0 N–H and O–H groups in total. The SMILES string of the molecule is C[N+]1(c2ccc(F)cc2-c2ccc(Cl)c(Cl)c2)C=C(OC=O)C(C(F)(F)F)=N1. The maximum Gasteiger partial charge on any atom is 0.442 e. The summed E-state index contributed by atoms with van der Waals surface area (Å²) in [5.41, 5.74) is -0.488. The number of halogens is 6. The van der Waals surface area contributed by atoms with Crippen LogP contribution in [-0.2, 0) is 9.53 Å². The van der Waals surface area contributed by atoms with Gasteiger partial charge in [0.25, 0.3) is 6.47 Å². The summed E-state index contributed by atoms with van der Waals surface area (Å²) < 4.78 is 57.6. The molecule has 1 aliphatic rings. The first-order chi connectivity index (χ1) is 13.0. The lowest BCUT2D eigenvalue weighted by Gasteiger charge is -2.22. The van der Waals surface area contributed by atoms with Gasteiger partial charge in [0.15, 0.2) is 11.9 Å².